The first kappa shape index (κ1) is 15.0. The Morgan fingerprint density at radius 2 is 1.82 bits per heavy atom. The standard InChI is InChI=1S/C15H31NO/c1-3-4-10-15(2)17-14-9-8-13-16-11-6-5-7-12-16/h15H,3-14H2,1-2H3. The zero-order chi connectivity index (χ0) is 12.3. The van der Waals surface area contributed by atoms with Gasteiger partial charge in [0.1, 0.15) is 0 Å². The van der Waals surface area contributed by atoms with E-state index in [4.69, 9.17) is 4.74 Å². The Bertz CT molecular complexity index is 166. The predicted octanol–water partition coefficient (Wildman–Crippen LogP) is 3.85. The largest absolute Gasteiger partial charge is 0.379 e. The van der Waals surface area contributed by atoms with Gasteiger partial charge in [0.15, 0.2) is 0 Å². The van der Waals surface area contributed by atoms with Gasteiger partial charge in [0.25, 0.3) is 0 Å². The van der Waals surface area contributed by atoms with E-state index in [9.17, 15) is 0 Å². The third-order valence-corrected chi connectivity index (χ3v) is 3.68. The molecule has 0 aromatic carbocycles. The molecule has 1 fully saturated rings. The van der Waals surface area contributed by atoms with E-state index in [2.05, 4.69) is 18.7 Å². The summed E-state index contributed by atoms with van der Waals surface area (Å²) >= 11 is 0. The van der Waals surface area contributed by atoms with E-state index in [0.717, 1.165) is 6.61 Å². The van der Waals surface area contributed by atoms with Gasteiger partial charge in [-0.25, -0.2) is 0 Å². The fourth-order valence-corrected chi connectivity index (χ4v) is 2.48. The van der Waals surface area contributed by atoms with Crippen LogP contribution < -0.4 is 0 Å². The smallest absolute Gasteiger partial charge is 0.0547 e. The number of hydrogen-bond donors (Lipinski definition) is 0. The first-order valence-corrected chi connectivity index (χ1v) is 7.67. The van der Waals surface area contributed by atoms with Crippen LogP contribution in [0.2, 0.25) is 0 Å². The van der Waals surface area contributed by atoms with Gasteiger partial charge in [-0.2, -0.15) is 0 Å². The predicted molar refractivity (Wildman–Crippen MR) is 74.5 cm³/mol. The molecule has 102 valence electrons. The molecule has 1 heterocycles. The zero-order valence-corrected chi connectivity index (χ0v) is 11.9. The summed E-state index contributed by atoms with van der Waals surface area (Å²) in [6, 6.07) is 0. The van der Waals surface area contributed by atoms with Gasteiger partial charge in [0.05, 0.1) is 6.10 Å². The molecule has 2 heteroatoms. The highest BCUT2D eigenvalue weighted by Crippen LogP contribution is 2.10. The summed E-state index contributed by atoms with van der Waals surface area (Å²) in [6.45, 7) is 9.35. The molecular weight excluding hydrogens is 210 g/mol. The number of hydrogen-bond acceptors (Lipinski definition) is 2. The molecule has 1 atom stereocenters. The average Bonchev–Trinajstić information content (AvgIpc) is 2.37. The van der Waals surface area contributed by atoms with E-state index in [1.165, 1.54) is 71.0 Å². The van der Waals surface area contributed by atoms with Crippen LogP contribution in [0.1, 0.15) is 65.2 Å². The van der Waals surface area contributed by atoms with Crippen molar-refractivity contribution in [1.82, 2.24) is 4.90 Å². The number of unbranched alkanes of at least 4 members (excludes halogenated alkanes) is 2. The van der Waals surface area contributed by atoms with Crippen LogP contribution >= 0.6 is 0 Å². The molecule has 0 aromatic rings. The molecule has 17 heavy (non-hydrogen) atoms. The molecule has 1 aliphatic heterocycles. The lowest BCUT2D eigenvalue weighted by Crippen LogP contribution is -2.30. The molecule has 0 aliphatic carbocycles. The van der Waals surface area contributed by atoms with Crippen molar-refractivity contribution in [3.8, 4) is 0 Å². The number of rotatable bonds is 9. The quantitative estimate of drug-likeness (QED) is 0.569. The van der Waals surface area contributed by atoms with Gasteiger partial charge in [-0.15, -0.1) is 0 Å². The molecule has 0 N–H and O–H groups in total. The Balaban J connectivity index is 1.86. The fraction of sp³-hybridized carbons (Fsp3) is 1.00. The van der Waals surface area contributed by atoms with Crippen molar-refractivity contribution in [1.29, 1.82) is 0 Å². The first-order chi connectivity index (χ1) is 8.33. The number of ether oxygens (including phenoxy) is 1. The monoisotopic (exact) mass is 241 g/mol. The van der Waals surface area contributed by atoms with Crippen molar-refractivity contribution in [3.63, 3.8) is 0 Å². The molecule has 0 saturated carbocycles. The normalized spacial score (nSPS) is 19.4. The van der Waals surface area contributed by atoms with E-state index in [1.54, 1.807) is 0 Å². The molecule has 1 unspecified atom stereocenters. The van der Waals surface area contributed by atoms with Crippen LogP contribution in [0.3, 0.4) is 0 Å². The minimum Gasteiger partial charge on any atom is -0.379 e. The van der Waals surface area contributed by atoms with E-state index in [-0.39, 0.29) is 0 Å². The lowest BCUT2D eigenvalue weighted by atomic mass is 10.1. The summed E-state index contributed by atoms with van der Waals surface area (Å²) in [5, 5.41) is 0. The summed E-state index contributed by atoms with van der Waals surface area (Å²) in [6.07, 6.45) is 11.1. The molecule has 1 rings (SSSR count). The van der Waals surface area contributed by atoms with Gasteiger partial charge < -0.3 is 9.64 Å². The maximum Gasteiger partial charge on any atom is 0.0547 e. The van der Waals surface area contributed by atoms with Crippen LogP contribution in [0, 0.1) is 0 Å². The first-order valence-electron chi connectivity index (χ1n) is 7.67. The van der Waals surface area contributed by atoms with Crippen LogP contribution in [0.15, 0.2) is 0 Å². The fourth-order valence-electron chi connectivity index (χ4n) is 2.48. The third-order valence-electron chi connectivity index (χ3n) is 3.68. The van der Waals surface area contributed by atoms with Crippen molar-refractivity contribution < 1.29 is 4.74 Å². The van der Waals surface area contributed by atoms with Crippen LogP contribution in [-0.4, -0.2) is 37.2 Å². The second-order valence-electron chi connectivity index (χ2n) is 5.43. The van der Waals surface area contributed by atoms with Gasteiger partial charge in [-0.05, 0) is 58.7 Å². The Morgan fingerprint density at radius 3 is 2.53 bits per heavy atom. The summed E-state index contributed by atoms with van der Waals surface area (Å²) in [5.74, 6) is 0. The second kappa shape index (κ2) is 9.90. The summed E-state index contributed by atoms with van der Waals surface area (Å²) in [5.41, 5.74) is 0. The summed E-state index contributed by atoms with van der Waals surface area (Å²) < 4.78 is 5.81. The van der Waals surface area contributed by atoms with E-state index in [1.807, 2.05) is 0 Å². The molecule has 0 bridgehead atoms. The van der Waals surface area contributed by atoms with Gasteiger partial charge in [-0.3, -0.25) is 0 Å². The van der Waals surface area contributed by atoms with E-state index in [0.29, 0.717) is 6.10 Å². The highest BCUT2D eigenvalue weighted by Gasteiger charge is 2.09. The molecule has 0 amide bonds. The van der Waals surface area contributed by atoms with Crippen molar-refractivity contribution in [2.75, 3.05) is 26.2 Å². The lowest BCUT2D eigenvalue weighted by molar-refractivity contribution is 0.0546. The van der Waals surface area contributed by atoms with Crippen molar-refractivity contribution in [2.45, 2.75) is 71.3 Å². The Hall–Kier alpha value is -0.0800. The van der Waals surface area contributed by atoms with Crippen LogP contribution in [0.5, 0.6) is 0 Å². The minimum atomic E-state index is 0.463. The van der Waals surface area contributed by atoms with E-state index < -0.39 is 0 Å². The van der Waals surface area contributed by atoms with Crippen molar-refractivity contribution in [3.05, 3.63) is 0 Å². The highest BCUT2D eigenvalue weighted by molar-refractivity contribution is 4.64. The molecule has 2 nitrogen and oxygen atoms in total. The molecular formula is C15H31NO. The maximum atomic E-state index is 5.81. The molecule has 0 radical (unpaired) electrons. The number of likely N-dealkylation sites (tertiary alicyclic amines) is 1. The molecule has 1 aliphatic rings. The number of piperidine rings is 1. The Morgan fingerprint density at radius 1 is 1.06 bits per heavy atom. The third kappa shape index (κ3) is 7.77. The molecule has 0 spiro atoms. The Labute approximate surface area is 108 Å². The van der Waals surface area contributed by atoms with Gasteiger partial charge in [-0.1, -0.05) is 26.2 Å². The molecule has 1 saturated heterocycles. The molecule has 0 aromatic heterocycles. The average molecular weight is 241 g/mol. The van der Waals surface area contributed by atoms with Crippen LogP contribution in [0.4, 0.5) is 0 Å². The Kier molecular flexibility index (Phi) is 8.72. The topological polar surface area (TPSA) is 12.5 Å². The summed E-state index contributed by atoms with van der Waals surface area (Å²) in [7, 11) is 0. The SMILES string of the molecule is CCCCC(C)OCCCCN1CCCCC1. The minimum absolute atomic E-state index is 0.463. The second-order valence-corrected chi connectivity index (χ2v) is 5.43. The van der Waals surface area contributed by atoms with Crippen molar-refractivity contribution >= 4 is 0 Å². The van der Waals surface area contributed by atoms with E-state index >= 15 is 0 Å². The van der Waals surface area contributed by atoms with Crippen molar-refractivity contribution in [2.24, 2.45) is 0 Å². The highest BCUT2D eigenvalue weighted by atomic mass is 16.5. The summed E-state index contributed by atoms with van der Waals surface area (Å²) in [4.78, 5) is 2.62. The van der Waals surface area contributed by atoms with Gasteiger partial charge in [0.2, 0.25) is 0 Å². The number of nitrogens with zero attached hydrogens (tertiary/aromatic N) is 1. The zero-order valence-electron chi connectivity index (χ0n) is 11.9. The van der Waals surface area contributed by atoms with Crippen LogP contribution in [-0.2, 0) is 4.74 Å². The van der Waals surface area contributed by atoms with Gasteiger partial charge >= 0.3 is 0 Å². The maximum absolute atomic E-state index is 5.81. The van der Waals surface area contributed by atoms with Gasteiger partial charge in [0, 0.05) is 6.61 Å². The van der Waals surface area contributed by atoms with Crippen LogP contribution in [0.25, 0.3) is 0 Å². The lowest BCUT2D eigenvalue weighted by Gasteiger charge is -2.26.